The maximum atomic E-state index is 11.9. The van der Waals surface area contributed by atoms with E-state index in [0.717, 1.165) is 19.3 Å². The summed E-state index contributed by atoms with van der Waals surface area (Å²) in [4.78, 5) is 0. The highest BCUT2D eigenvalue weighted by atomic mass is 31.1. The lowest BCUT2D eigenvalue weighted by atomic mass is 10.0. The van der Waals surface area contributed by atoms with Crippen molar-refractivity contribution in [2.24, 2.45) is 0 Å². The van der Waals surface area contributed by atoms with Gasteiger partial charge in [0, 0.05) is 12.8 Å². The van der Waals surface area contributed by atoms with Crippen molar-refractivity contribution in [2.75, 3.05) is 21.1 Å². The first-order valence-corrected chi connectivity index (χ1v) is 13.6. The first-order valence-electron chi connectivity index (χ1n) is 12.4. The van der Waals surface area contributed by atoms with Crippen LogP contribution in [0.1, 0.15) is 123 Å². The molecule has 3 nitrogen and oxygen atoms in total. The average molecular weight is 429 g/mol. The Morgan fingerprint density at radius 1 is 0.655 bits per heavy atom. The van der Waals surface area contributed by atoms with Gasteiger partial charge in [-0.2, -0.15) is 0 Å². The van der Waals surface area contributed by atoms with Crippen molar-refractivity contribution in [1.82, 2.24) is 0 Å². The Kier molecular flexibility index (Phi) is 17.1. The van der Waals surface area contributed by atoms with Crippen LogP contribution in [-0.4, -0.2) is 30.9 Å². The van der Waals surface area contributed by atoms with Crippen LogP contribution in [0.25, 0.3) is 0 Å². The fourth-order valence-electron chi connectivity index (χ4n) is 4.28. The van der Waals surface area contributed by atoms with Crippen molar-refractivity contribution in [3.05, 3.63) is 12.2 Å². The lowest BCUT2D eigenvalue weighted by Gasteiger charge is -2.40. The molecular formula is C25H51NO2P+. The zero-order chi connectivity index (χ0) is 22.0. The van der Waals surface area contributed by atoms with Gasteiger partial charge in [-0.05, 0) is 32.1 Å². The third kappa shape index (κ3) is 12.8. The van der Waals surface area contributed by atoms with Crippen molar-refractivity contribution in [3.63, 3.8) is 0 Å². The quantitative estimate of drug-likeness (QED) is 0.0840. The molecule has 1 unspecified atom stereocenters. The van der Waals surface area contributed by atoms with Crippen LogP contribution >= 0.6 is 7.68 Å². The van der Waals surface area contributed by atoms with Crippen LogP contribution in [-0.2, 0) is 9.13 Å². The van der Waals surface area contributed by atoms with Crippen molar-refractivity contribution in [3.8, 4) is 0 Å². The monoisotopic (exact) mass is 428 g/mol. The number of hydrogen-bond acceptors (Lipinski definition) is 2. The second-order valence-corrected chi connectivity index (χ2v) is 11.0. The molecule has 0 fully saturated rings. The molecule has 4 heteroatoms. The average Bonchev–Trinajstić information content (AvgIpc) is 2.66. The molecule has 0 aliphatic heterocycles. The summed E-state index contributed by atoms with van der Waals surface area (Å²) >= 11 is 0. The standard InChI is InChI=1S/C25H51NO2P/c1-6-8-9-10-11-12-13-14-15-16-17-18-19-20-21-22-23-24-25(7-2,29(27)28)26(3,4)5/h17-18H,6-16,19-24H2,1-5H3/q+1. The van der Waals surface area contributed by atoms with Crippen LogP contribution in [0.15, 0.2) is 12.2 Å². The van der Waals surface area contributed by atoms with E-state index in [9.17, 15) is 9.13 Å². The summed E-state index contributed by atoms with van der Waals surface area (Å²) in [6.45, 7) is 4.28. The summed E-state index contributed by atoms with van der Waals surface area (Å²) in [5, 5.41) is -0.606. The third-order valence-electron chi connectivity index (χ3n) is 6.49. The van der Waals surface area contributed by atoms with Crippen LogP contribution in [0, 0.1) is 0 Å². The van der Waals surface area contributed by atoms with Crippen LogP contribution in [0.2, 0.25) is 0 Å². The van der Waals surface area contributed by atoms with E-state index in [-0.39, 0.29) is 0 Å². The second kappa shape index (κ2) is 17.3. The Hall–Kier alpha value is -0.400. The van der Waals surface area contributed by atoms with Gasteiger partial charge in [0.1, 0.15) is 0 Å². The molecule has 0 aromatic heterocycles. The van der Waals surface area contributed by atoms with E-state index in [0.29, 0.717) is 10.9 Å². The van der Waals surface area contributed by atoms with Gasteiger partial charge in [-0.3, -0.25) is 0 Å². The van der Waals surface area contributed by atoms with Crippen LogP contribution in [0.4, 0.5) is 0 Å². The minimum absolute atomic E-state index is 0.504. The topological polar surface area (TPSA) is 34.1 Å². The maximum Gasteiger partial charge on any atom is 0.378 e. The number of hydrogen-bond donors (Lipinski definition) is 0. The highest BCUT2D eigenvalue weighted by Crippen LogP contribution is 2.43. The second-order valence-electron chi connectivity index (χ2n) is 9.65. The highest BCUT2D eigenvalue weighted by Gasteiger charge is 2.46. The van der Waals surface area contributed by atoms with Crippen molar-refractivity contribution < 1.29 is 13.6 Å². The van der Waals surface area contributed by atoms with Gasteiger partial charge in [0.25, 0.3) is 0 Å². The molecule has 0 bridgehead atoms. The molecule has 0 radical (unpaired) electrons. The molecule has 0 saturated carbocycles. The summed E-state index contributed by atoms with van der Waals surface area (Å²) < 4.78 is 24.3. The lowest BCUT2D eigenvalue weighted by Crippen LogP contribution is -2.53. The predicted molar refractivity (Wildman–Crippen MR) is 128 cm³/mol. The molecule has 29 heavy (non-hydrogen) atoms. The largest absolute Gasteiger partial charge is 0.378 e. The van der Waals surface area contributed by atoms with E-state index in [2.05, 4.69) is 19.1 Å². The minimum atomic E-state index is -2.42. The van der Waals surface area contributed by atoms with Crippen LogP contribution < -0.4 is 0 Å². The molecule has 0 aliphatic carbocycles. The molecule has 0 saturated heterocycles. The number of allylic oxidation sites excluding steroid dienone is 2. The third-order valence-corrected chi connectivity index (χ3v) is 8.31. The smallest absolute Gasteiger partial charge is 0.314 e. The molecular weight excluding hydrogens is 377 g/mol. The summed E-state index contributed by atoms with van der Waals surface area (Å²) in [5.41, 5.74) is 0. The molecule has 0 spiro atoms. The fourth-order valence-corrected chi connectivity index (χ4v) is 5.37. The molecule has 0 amide bonds. The van der Waals surface area contributed by atoms with E-state index in [4.69, 9.17) is 0 Å². The van der Waals surface area contributed by atoms with Gasteiger partial charge >= 0.3 is 7.68 Å². The Morgan fingerprint density at radius 3 is 1.45 bits per heavy atom. The zero-order valence-corrected chi connectivity index (χ0v) is 21.3. The van der Waals surface area contributed by atoms with E-state index in [1.54, 1.807) is 0 Å². The van der Waals surface area contributed by atoms with Gasteiger partial charge < -0.3 is 4.48 Å². The molecule has 0 N–H and O–H groups in total. The normalized spacial score (nSPS) is 14.4. The van der Waals surface area contributed by atoms with Gasteiger partial charge in [-0.25, -0.2) is 9.13 Å². The van der Waals surface area contributed by atoms with Crippen LogP contribution in [0.5, 0.6) is 0 Å². The summed E-state index contributed by atoms with van der Waals surface area (Å²) in [6.07, 6.45) is 25.7. The first-order chi connectivity index (χ1) is 13.8. The zero-order valence-electron chi connectivity index (χ0n) is 20.4. The fraction of sp³-hybridized carbons (Fsp3) is 0.920. The molecule has 0 aromatic carbocycles. The van der Waals surface area contributed by atoms with Gasteiger partial charge in [-0.1, -0.05) is 90.2 Å². The maximum absolute atomic E-state index is 11.9. The molecule has 0 rings (SSSR count). The Labute approximate surface area is 183 Å². The molecule has 0 aromatic rings. The number of unbranched alkanes of at least 4 members (excludes halogenated alkanes) is 13. The minimum Gasteiger partial charge on any atom is -0.314 e. The van der Waals surface area contributed by atoms with Crippen molar-refractivity contribution in [1.29, 1.82) is 0 Å². The number of quaternary nitrogens is 1. The van der Waals surface area contributed by atoms with Crippen molar-refractivity contribution in [2.45, 2.75) is 128 Å². The van der Waals surface area contributed by atoms with E-state index in [1.807, 2.05) is 28.1 Å². The highest BCUT2D eigenvalue weighted by molar-refractivity contribution is 7.32. The SMILES string of the molecule is CCCCCCCCCCCC=CCCCCCCC(CC)(P(=O)=O)[N+](C)(C)C. The van der Waals surface area contributed by atoms with Gasteiger partial charge in [0.2, 0.25) is 5.28 Å². The van der Waals surface area contributed by atoms with E-state index < -0.39 is 13.0 Å². The number of nitrogens with zero attached hydrogens (tertiary/aromatic N) is 1. The van der Waals surface area contributed by atoms with Gasteiger partial charge in [-0.15, -0.1) is 0 Å². The lowest BCUT2D eigenvalue weighted by molar-refractivity contribution is -0.908. The summed E-state index contributed by atoms with van der Waals surface area (Å²) in [7, 11) is 3.60. The van der Waals surface area contributed by atoms with Crippen LogP contribution in [0.3, 0.4) is 0 Å². The summed E-state index contributed by atoms with van der Waals surface area (Å²) in [5.74, 6) is 0. The molecule has 1 atom stereocenters. The molecule has 0 heterocycles. The van der Waals surface area contributed by atoms with Crippen molar-refractivity contribution >= 4 is 7.68 Å². The van der Waals surface area contributed by atoms with E-state index in [1.165, 1.54) is 83.5 Å². The Balaban J connectivity index is 3.65. The number of rotatable bonds is 20. The van der Waals surface area contributed by atoms with E-state index >= 15 is 0 Å². The Morgan fingerprint density at radius 2 is 1.07 bits per heavy atom. The summed E-state index contributed by atoms with van der Waals surface area (Å²) in [6, 6.07) is 0. The molecule has 172 valence electrons. The Bertz CT molecular complexity index is 472. The first kappa shape index (κ1) is 28.6. The predicted octanol–water partition coefficient (Wildman–Crippen LogP) is 8.79. The molecule has 0 aliphatic rings. The van der Waals surface area contributed by atoms with Gasteiger partial charge in [0.15, 0.2) is 0 Å². The van der Waals surface area contributed by atoms with Gasteiger partial charge in [0.05, 0.1) is 21.1 Å².